The molecular formula is C18H19FN2O2. The summed E-state index contributed by atoms with van der Waals surface area (Å²) in [5.74, 6) is 0.809. The summed E-state index contributed by atoms with van der Waals surface area (Å²) in [5, 5.41) is 2.80. The average molecular weight is 314 g/mol. The van der Waals surface area contributed by atoms with Crippen molar-refractivity contribution in [1.29, 1.82) is 0 Å². The third-order valence-corrected chi connectivity index (χ3v) is 4.15. The molecule has 5 heteroatoms. The molecule has 1 unspecified atom stereocenters. The number of nitrogens with one attached hydrogen (secondary N) is 1. The summed E-state index contributed by atoms with van der Waals surface area (Å²) in [6.45, 7) is 1.34. The van der Waals surface area contributed by atoms with Crippen molar-refractivity contribution >= 4 is 11.7 Å². The van der Waals surface area contributed by atoms with Gasteiger partial charge in [0.25, 0.3) is 0 Å². The van der Waals surface area contributed by atoms with E-state index in [0.29, 0.717) is 18.8 Å². The number of hydrogen-bond donors (Lipinski definition) is 1. The summed E-state index contributed by atoms with van der Waals surface area (Å²) < 4.78 is 18.3. The van der Waals surface area contributed by atoms with E-state index in [4.69, 9.17) is 4.74 Å². The van der Waals surface area contributed by atoms with Gasteiger partial charge in [0, 0.05) is 24.7 Å². The summed E-state index contributed by atoms with van der Waals surface area (Å²) in [7, 11) is 1.66. The zero-order valence-electron chi connectivity index (χ0n) is 13.0. The van der Waals surface area contributed by atoms with E-state index in [1.54, 1.807) is 24.1 Å². The van der Waals surface area contributed by atoms with Gasteiger partial charge in [0.2, 0.25) is 0 Å². The fourth-order valence-corrected chi connectivity index (χ4v) is 2.94. The van der Waals surface area contributed by atoms with E-state index in [0.717, 1.165) is 17.7 Å². The van der Waals surface area contributed by atoms with Crippen molar-refractivity contribution in [2.75, 3.05) is 25.5 Å². The predicted molar refractivity (Wildman–Crippen MR) is 87.3 cm³/mol. The van der Waals surface area contributed by atoms with Crippen LogP contribution in [0.3, 0.4) is 0 Å². The number of para-hydroxylation sites is 1. The van der Waals surface area contributed by atoms with Crippen LogP contribution < -0.4 is 10.1 Å². The lowest BCUT2D eigenvalue weighted by molar-refractivity contribution is 0.222. The molecule has 0 spiro atoms. The van der Waals surface area contributed by atoms with Crippen LogP contribution in [0.5, 0.6) is 5.75 Å². The number of nitrogens with zero attached hydrogens (tertiary/aromatic N) is 1. The number of rotatable bonds is 3. The SMILES string of the molecule is COc1ccccc1C1CCN(C(=O)Nc2ccc(F)cc2)C1. The van der Waals surface area contributed by atoms with E-state index < -0.39 is 0 Å². The molecular weight excluding hydrogens is 295 g/mol. The van der Waals surface area contributed by atoms with E-state index in [-0.39, 0.29) is 17.8 Å². The number of amides is 2. The Labute approximate surface area is 134 Å². The van der Waals surface area contributed by atoms with Gasteiger partial charge in [-0.05, 0) is 42.3 Å². The van der Waals surface area contributed by atoms with Gasteiger partial charge < -0.3 is 15.0 Å². The second kappa shape index (κ2) is 6.69. The summed E-state index contributed by atoms with van der Waals surface area (Å²) >= 11 is 0. The Balaban J connectivity index is 1.65. The van der Waals surface area contributed by atoms with Gasteiger partial charge in [-0.15, -0.1) is 0 Å². The highest BCUT2D eigenvalue weighted by Crippen LogP contribution is 2.33. The second-order valence-electron chi connectivity index (χ2n) is 5.61. The van der Waals surface area contributed by atoms with E-state index in [1.165, 1.54) is 12.1 Å². The molecule has 2 aromatic rings. The quantitative estimate of drug-likeness (QED) is 0.935. The van der Waals surface area contributed by atoms with Gasteiger partial charge in [0.15, 0.2) is 0 Å². The number of hydrogen-bond acceptors (Lipinski definition) is 2. The minimum atomic E-state index is -0.319. The molecule has 1 heterocycles. The number of carbonyl (C=O) groups excluding carboxylic acids is 1. The number of urea groups is 1. The van der Waals surface area contributed by atoms with Gasteiger partial charge in [-0.25, -0.2) is 9.18 Å². The first-order chi connectivity index (χ1) is 11.2. The molecule has 1 N–H and O–H groups in total. The highest BCUT2D eigenvalue weighted by Gasteiger charge is 2.29. The van der Waals surface area contributed by atoms with E-state index >= 15 is 0 Å². The van der Waals surface area contributed by atoms with Crippen molar-refractivity contribution in [2.24, 2.45) is 0 Å². The molecule has 0 aromatic heterocycles. The largest absolute Gasteiger partial charge is 0.496 e. The number of methoxy groups -OCH3 is 1. The van der Waals surface area contributed by atoms with Crippen LogP contribution in [0.25, 0.3) is 0 Å². The molecule has 1 atom stereocenters. The molecule has 23 heavy (non-hydrogen) atoms. The maximum atomic E-state index is 12.9. The summed E-state index contributed by atoms with van der Waals surface area (Å²) in [6.07, 6.45) is 0.900. The van der Waals surface area contributed by atoms with E-state index in [2.05, 4.69) is 5.32 Å². The molecule has 4 nitrogen and oxygen atoms in total. The number of anilines is 1. The van der Waals surface area contributed by atoms with Crippen molar-refractivity contribution in [1.82, 2.24) is 4.90 Å². The minimum absolute atomic E-state index is 0.158. The van der Waals surface area contributed by atoms with Crippen LogP contribution in [0.1, 0.15) is 17.9 Å². The van der Waals surface area contributed by atoms with Crippen LogP contribution in [0.15, 0.2) is 48.5 Å². The van der Waals surface area contributed by atoms with Gasteiger partial charge in [-0.2, -0.15) is 0 Å². The lowest BCUT2D eigenvalue weighted by atomic mass is 9.97. The smallest absolute Gasteiger partial charge is 0.321 e. The number of ether oxygens (including phenoxy) is 1. The Bertz CT molecular complexity index is 688. The Morgan fingerprint density at radius 1 is 1.22 bits per heavy atom. The van der Waals surface area contributed by atoms with Gasteiger partial charge in [-0.1, -0.05) is 18.2 Å². The van der Waals surface area contributed by atoms with Crippen LogP contribution in [0, 0.1) is 5.82 Å². The fraction of sp³-hybridized carbons (Fsp3) is 0.278. The molecule has 2 amide bonds. The van der Waals surface area contributed by atoms with E-state index in [1.807, 2.05) is 24.3 Å². The molecule has 0 bridgehead atoms. The Kier molecular flexibility index (Phi) is 4.46. The molecule has 3 rings (SSSR count). The second-order valence-corrected chi connectivity index (χ2v) is 5.61. The first-order valence-corrected chi connectivity index (χ1v) is 7.62. The predicted octanol–water partition coefficient (Wildman–Crippen LogP) is 3.86. The average Bonchev–Trinajstić information content (AvgIpc) is 3.07. The highest BCUT2D eigenvalue weighted by atomic mass is 19.1. The number of likely N-dealkylation sites (tertiary alicyclic amines) is 1. The molecule has 2 aromatic carbocycles. The minimum Gasteiger partial charge on any atom is -0.496 e. The van der Waals surface area contributed by atoms with E-state index in [9.17, 15) is 9.18 Å². The topological polar surface area (TPSA) is 41.6 Å². The molecule has 0 radical (unpaired) electrons. The third kappa shape index (κ3) is 3.44. The van der Waals surface area contributed by atoms with Crippen molar-refractivity contribution in [3.8, 4) is 5.75 Å². The fourth-order valence-electron chi connectivity index (χ4n) is 2.94. The Morgan fingerprint density at radius 3 is 2.70 bits per heavy atom. The summed E-state index contributed by atoms with van der Waals surface area (Å²) in [6, 6.07) is 13.5. The normalized spacial score (nSPS) is 17.1. The van der Waals surface area contributed by atoms with Gasteiger partial charge >= 0.3 is 6.03 Å². The van der Waals surface area contributed by atoms with Crippen molar-refractivity contribution < 1.29 is 13.9 Å². The molecule has 1 aliphatic heterocycles. The molecule has 1 fully saturated rings. The van der Waals surface area contributed by atoms with Crippen LogP contribution in [-0.4, -0.2) is 31.1 Å². The standard InChI is InChI=1S/C18H19FN2O2/c1-23-17-5-3-2-4-16(17)13-10-11-21(12-13)18(22)20-15-8-6-14(19)7-9-15/h2-9,13H,10-12H2,1H3,(H,20,22). The maximum absolute atomic E-state index is 12.9. The first kappa shape index (κ1) is 15.3. The van der Waals surface area contributed by atoms with Crippen LogP contribution in [-0.2, 0) is 0 Å². The van der Waals surface area contributed by atoms with Gasteiger partial charge in [0.1, 0.15) is 11.6 Å². The number of halogens is 1. The van der Waals surface area contributed by atoms with Crippen molar-refractivity contribution in [3.63, 3.8) is 0 Å². The van der Waals surface area contributed by atoms with Crippen LogP contribution in [0.4, 0.5) is 14.9 Å². The third-order valence-electron chi connectivity index (χ3n) is 4.15. The summed E-state index contributed by atoms with van der Waals surface area (Å²) in [5.41, 5.74) is 1.73. The zero-order chi connectivity index (χ0) is 16.2. The maximum Gasteiger partial charge on any atom is 0.321 e. The van der Waals surface area contributed by atoms with Crippen LogP contribution >= 0.6 is 0 Å². The molecule has 1 aliphatic rings. The van der Waals surface area contributed by atoms with Crippen molar-refractivity contribution in [3.05, 3.63) is 59.9 Å². The molecule has 1 saturated heterocycles. The Morgan fingerprint density at radius 2 is 1.96 bits per heavy atom. The zero-order valence-corrected chi connectivity index (χ0v) is 13.0. The summed E-state index contributed by atoms with van der Waals surface area (Å²) in [4.78, 5) is 14.1. The Hall–Kier alpha value is -2.56. The monoisotopic (exact) mass is 314 g/mol. The molecule has 120 valence electrons. The lowest BCUT2D eigenvalue weighted by Gasteiger charge is -2.18. The number of benzene rings is 2. The number of carbonyl (C=O) groups is 1. The molecule has 0 aliphatic carbocycles. The molecule has 0 saturated carbocycles. The highest BCUT2D eigenvalue weighted by molar-refractivity contribution is 5.89. The van der Waals surface area contributed by atoms with Crippen molar-refractivity contribution in [2.45, 2.75) is 12.3 Å². The van der Waals surface area contributed by atoms with Gasteiger partial charge in [0.05, 0.1) is 7.11 Å². The lowest BCUT2D eigenvalue weighted by Crippen LogP contribution is -2.32. The van der Waals surface area contributed by atoms with Crippen LogP contribution in [0.2, 0.25) is 0 Å². The van der Waals surface area contributed by atoms with Gasteiger partial charge in [-0.3, -0.25) is 0 Å². The first-order valence-electron chi connectivity index (χ1n) is 7.62.